The van der Waals surface area contributed by atoms with Crippen LogP contribution in [-0.2, 0) is 10.1 Å². The fourth-order valence-corrected chi connectivity index (χ4v) is 5.57. The summed E-state index contributed by atoms with van der Waals surface area (Å²) in [6.07, 6.45) is 0. The van der Waals surface area contributed by atoms with Gasteiger partial charge in [0.2, 0.25) is 0 Å². The summed E-state index contributed by atoms with van der Waals surface area (Å²) < 4.78 is 35.9. The molecule has 6 nitrogen and oxygen atoms in total. The molecular weight excluding hydrogens is 407 g/mol. The van der Waals surface area contributed by atoms with Gasteiger partial charge in [-0.25, -0.2) is 0 Å². The highest BCUT2D eigenvalue weighted by molar-refractivity contribution is 7.87. The second kappa shape index (κ2) is 7.59. The van der Waals surface area contributed by atoms with Gasteiger partial charge in [-0.15, -0.1) is 11.3 Å². The Balaban J connectivity index is 1.91. The molecule has 0 bridgehead atoms. The minimum Gasteiger partial charge on any atom is -0.495 e. The zero-order chi connectivity index (χ0) is 18.0. The maximum Gasteiger partial charge on any atom is 0.341 e. The molecule has 1 aliphatic rings. The molecule has 2 aromatic rings. The van der Waals surface area contributed by atoms with Crippen LogP contribution >= 0.6 is 34.5 Å². The molecule has 1 aliphatic heterocycles. The van der Waals surface area contributed by atoms with Gasteiger partial charge in [-0.3, -0.25) is 0 Å². The van der Waals surface area contributed by atoms with Crippen LogP contribution in [-0.4, -0.2) is 41.7 Å². The second-order valence-electron chi connectivity index (χ2n) is 5.30. The van der Waals surface area contributed by atoms with Gasteiger partial charge in [0.05, 0.1) is 17.1 Å². The van der Waals surface area contributed by atoms with Crippen LogP contribution in [0.15, 0.2) is 29.2 Å². The highest BCUT2D eigenvalue weighted by atomic mass is 35.5. The van der Waals surface area contributed by atoms with Crippen LogP contribution in [0.4, 0.5) is 5.69 Å². The summed E-state index contributed by atoms with van der Waals surface area (Å²) in [7, 11) is -2.49. The number of benzene rings is 1. The van der Waals surface area contributed by atoms with E-state index in [9.17, 15) is 8.42 Å². The number of anilines is 1. The first-order valence-corrected chi connectivity index (χ1v) is 10.4. The van der Waals surface area contributed by atoms with E-state index in [0.29, 0.717) is 5.75 Å². The van der Waals surface area contributed by atoms with Gasteiger partial charge in [-0.1, -0.05) is 23.2 Å². The van der Waals surface area contributed by atoms with Crippen molar-refractivity contribution in [3.8, 4) is 11.5 Å². The van der Waals surface area contributed by atoms with Gasteiger partial charge in [-0.05, 0) is 18.2 Å². The first-order valence-electron chi connectivity index (χ1n) is 7.44. The summed E-state index contributed by atoms with van der Waals surface area (Å²) in [5.41, 5.74) is 0.783. The van der Waals surface area contributed by atoms with E-state index in [2.05, 4.69) is 10.2 Å². The smallest absolute Gasteiger partial charge is 0.341 e. The summed E-state index contributed by atoms with van der Waals surface area (Å²) in [6, 6.07) is 6.17. The highest BCUT2D eigenvalue weighted by Crippen LogP contribution is 2.37. The van der Waals surface area contributed by atoms with Crippen molar-refractivity contribution in [1.29, 1.82) is 0 Å². The third-order valence-corrected chi connectivity index (χ3v) is 6.71. The van der Waals surface area contributed by atoms with E-state index >= 15 is 0 Å². The molecule has 3 rings (SSSR count). The standard InChI is InChI=1S/C15H16Cl2N2O4S2/c1-22-12-3-2-10(8-11(12)19-6-4-18-5-7-19)23-25(20,21)13-9-14(16)24-15(13)17/h2-3,8-9,18H,4-7H2,1H3. The molecular formula is C15H16Cl2N2O4S2. The minimum atomic E-state index is -4.07. The molecule has 10 heteroatoms. The molecule has 1 aromatic heterocycles. The first-order chi connectivity index (χ1) is 11.9. The van der Waals surface area contributed by atoms with E-state index in [-0.39, 0.29) is 19.3 Å². The Morgan fingerprint density at radius 1 is 1.20 bits per heavy atom. The van der Waals surface area contributed by atoms with Crippen molar-refractivity contribution in [1.82, 2.24) is 5.32 Å². The zero-order valence-electron chi connectivity index (χ0n) is 13.3. The summed E-state index contributed by atoms with van der Waals surface area (Å²) >= 11 is 12.7. The number of halogens is 2. The number of rotatable bonds is 5. The van der Waals surface area contributed by atoms with Crippen LogP contribution in [0, 0.1) is 0 Å². The monoisotopic (exact) mass is 422 g/mol. The molecule has 2 heterocycles. The normalized spacial score (nSPS) is 15.2. The zero-order valence-corrected chi connectivity index (χ0v) is 16.4. The van der Waals surface area contributed by atoms with Crippen molar-refractivity contribution in [3.05, 3.63) is 32.9 Å². The molecule has 25 heavy (non-hydrogen) atoms. The Morgan fingerprint density at radius 2 is 1.92 bits per heavy atom. The molecule has 0 amide bonds. The quantitative estimate of drug-likeness (QED) is 0.745. The molecule has 0 unspecified atom stereocenters. The number of hydrogen-bond donors (Lipinski definition) is 1. The fraction of sp³-hybridized carbons (Fsp3) is 0.333. The predicted molar refractivity (Wildman–Crippen MR) is 100 cm³/mol. The van der Waals surface area contributed by atoms with Crippen molar-refractivity contribution in [3.63, 3.8) is 0 Å². The third kappa shape index (κ3) is 4.15. The number of hydrogen-bond acceptors (Lipinski definition) is 7. The Morgan fingerprint density at radius 3 is 2.52 bits per heavy atom. The van der Waals surface area contributed by atoms with E-state index in [1.165, 1.54) is 6.07 Å². The van der Waals surface area contributed by atoms with Gasteiger partial charge in [0, 0.05) is 32.2 Å². The van der Waals surface area contributed by atoms with E-state index in [1.807, 2.05) is 0 Å². The third-order valence-electron chi connectivity index (χ3n) is 3.71. The maximum absolute atomic E-state index is 12.5. The summed E-state index contributed by atoms with van der Waals surface area (Å²) in [6.45, 7) is 3.27. The summed E-state index contributed by atoms with van der Waals surface area (Å²) in [5.74, 6) is 0.843. The Labute approximate surface area is 160 Å². The van der Waals surface area contributed by atoms with Crippen molar-refractivity contribution < 1.29 is 17.3 Å². The lowest BCUT2D eigenvalue weighted by atomic mass is 10.2. The van der Waals surface area contributed by atoms with Crippen LogP contribution in [0.2, 0.25) is 8.67 Å². The van der Waals surface area contributed by atoms with Crippen molar-refractivity contribution >= 4 is 50.3 Å². The molecule has 1 N–H and O–H groups in total. The average molecular weight is 423 g/mol. The van der Waals surface area contributed by atoms with Gasteiger partial charge in [0.25, 0.3) is 0 Å². The number of ether oxygens (including phenoxy) is 1. The molecule has 136 valence electrons. The molecule has 1 saturated heterocycles. The SMILES string of the molecule is COc1ccc(OS(=O)(=O)c2cc(Cl)sc2Cl)cc1N1CCNCC1. The van der Waals surface area contributed by atoms with Gasteiger partial charge >= 0.3 is 10.1 Å². The Bertz CT molecular complexity index is 864. The average Bonchev–Trinajstić information content (AvgIpc) is 2.94. The number of methoxy groups -OCH3 is 1. The predicted octanol–water partition coefficient (Wildman–Crippen LogP) is 3.24. The van der Waals surface area contributed by atoms with Crippen LogP contribution in [0.1, 0.15) is 0 Å². The van der Waals surface area contributed by atoms with Crippen molar-refractivity contribution in [2.45, 2.75) is 4.90 Å². The van der Waals surface area contributed by atoms with Gasteiger partial charge in [0.15, 0.2) is 0 Å². The van der Waals surface area contributed by atoms with Crippen LogP contribution in [0.3, 0.4) is 0 Å². The highest BCUT2D eigenvalue weighted by Gasteiger charge is 2.24. The molecule has 0 saturated carbocycles. The minimum absolute atomic E-state index is 0.0702. The Kier molecular flexibility index (Phi) is 5.65. The van der Waals surface area contributed by atoms with Gasteiger partial charge in [0.1, 0.15) is 20.7 Å². The second-order valence-corrected chi connectivity index (χ2v) is 9.10. The first kappa shape index (κ1) is 18.6. The van der Waals surface area contributed by atoms with Crippen LogP contribution in [0.5, 0.6) is 11.5 Å². The van der Waals surface area contributed by atoms with Crippen molar-refractivity contribution in [2.24, 2.45) is 0 Å². The molecule has 0 radical (unpaired) electrons. The largest absolute Gasteiger partial charge is 0.495 e. The topological polar surface area (TPSA) is 67.9 Å². The summed E-state index contributed by atoms with van der Waals surface area (Å²) in [5, 5.41) is 3.27. The molecule has 1 fully saturated rings. The van der Waals surface area contributed by atoms with Gasteiger partial charge in [-0.2, -0.15) is 8.42 Å². The lowest BCUT2D eigenvalue weighted by Crippen LogP contribution is -2.43. The van der Waals surface area contributed by atoms with Crippen LogP contribution in [0.25, 0.3) is 0 Å². The maximum atomic E-state index is 12.5. The van der Waals surface area contributed by atoms with E-state index in [0.717, 1.165) is 43.2 Å². The van der Waals surface area contributed by atoms with Crippen LogP contribution < -0.4 is 19.1 Å². The lowest BCUT2D eigenvalue weighted by molar-refractivity contribution is 0.412. The fourth-order valence-electron chi connectivity index (χ4n) is 2.54. The molecule has 0 aliphatic carbocycles. The van der Waals surface area contributed by atoms with E-state index < -0.39 is 10.1 Å². The van der Waals surface area contributed by atoms with E-state index in [4.69, 9.17) is 32.1 Å². The molecule has 0 atom stereocenters. The van der Waals surface area contributed by atoms with Gasteiger partial charge < -0.3 is 19.1 Å². The lowest BCUT2D eigenvalue weighted by Gasteiger charge is -2.30. The molecule has 1 aromatic carbocycles. The number of nitrogens with one attached hydrogen (secondary N) is 1. The van der Waals surface area contributed by atoms with Crippen molar-refractivity contribution in [2.75, 3.05) is 38.2 Å². The number of nitrogens with zero attached hydrogens (tertiary/aromatic N) is 1. The number of thiophene rings is 1. The van der Waals surface area contributed by atoms with E-state index in [1.54, 1.807) is 25.3 Å². The molecule has 0 spiro atoms. The Hall–Kier alpha value is -1.19. The summed E-state index contributed by atoms with van der Waals surface area (Å²) in [4.78, 5) is 1.98. The number of piperazine rings is 1.